The highest BCUT2D eigenvalue weighted by molar-refractivity contribution is 6.38. The summed E-state index contributed by atoms with van der Waals surface area (Å²) in [6.07, 6.45) is 3.88. The minimum absolute atomic E-state index is 0.478. The number of aliphatic hydroxyl groups excluding tert-OH is 1. The van der Waals surface area contributed by atoms with Crippen molar-refractivity contribution < 1.29 is 9.59 Å². The van der Waals surface area contributed by atoms with Crippen LogP contribution in [0.3, 0.4) is 0 Å². The first-order valence-corrected chi connectivity index (χ1v) is 12.5. The molecule has 1 unspecified atom stereocenters. The van der Waals surface area contributed by atoms with Crippen molar-refractivity contribution in [3.8, 4) is 11.3 Å². The first-order valence-electron chi connectivity index (χ1n) is 11.3. The summed E-state index contributed by atoms with van der Waals surface area (Å²) in [4.78, 5) is 4.80. The molecule has 2 aromatic carbocycles. The van der Waals surface area contributed by atoms with E-state index in [2.05, 4.69) is 20.9 Å². The second-order valence-corrected chi connectivity index (χ2v) is 10.1. The van der Waals surface area contributed by atoms with Gasteiger partial charge in [-0.2, -0.15) is 0 Å². The summed E-state index contributed by atoms with van der Waals surface area (Å²) in [5, 5.41) is 14.0. The molecule has 0 amide bonds. The van der Waals surface area contributed by atoms with Crippen LogP contribution in [0.1, 0.15) is 51.2 Å². The average molecular weight is 495 g/mol. The summed E-state index contributed by atoms with van der Waals surface area (Å²) in [7, 11) is 2.25. The van der Waals surface area contributed by atoms with Crippen molar-refractivity contribution in [1.82, 2.24) is 4.98 Å². The maximum absolute atomic E-state index is 11.5. The van der Waals surface area contributed by atoms with Crippen LogP contribution in [0.2, 0.25) is 15.1 Å². The molecule has 0 saturated heterocycles. The molecule has 0 aliphatic rings. The minimum Gasteiger partial charge on any atom is -0.382 e. The van der Waals surface area contributed by atoms with Gasteiger partial charge in [0.05, 0.1) is 36.4 Å². The molecule has 3 nitrogen and oxygen atoms in total. The predicted octanol–water partition coefficient (Wildman–Crippen LogP) is 7.94. The standard InChI is InChI=1S/C26H32Cl3N2O/c1-4-6-12-31(3,13-7-5-2)17-25(32)21-16-24(18-8-10-19(27)11-9-18)30-26-22(21)14-20(28)15-23(26)29/h8-11,14-16,25,32H,4-7,12-13,17H2,1-3H3/q+1. The van der Waals surface area contributed by atoms with Crippen LogP contribution < -0.4 is 0 Å². The first-order chi connectivity index (χ1) is 15.3. The van der Waals surface area contributed by atoms with Crippen LogP contribution >= 0.6 is 34.8 Å². The fourth-order valence-electron chi connectivity index (χ4n) is 4.21. The Morgan fingerprint density at radius 2 is 1.53 bits per heavy atom. The van der Waals surface area contributed by atoms with Gasteiger partial charge in [0, 0.05) is 21.0 Å². The van der Waals surface area contributed by atoms with E-state index in [0.717, 1.165) is 65.5 Å². The number of halogens is 3. The molecule has 1 aromatic heterocycles. The van der Waals surface area contributed by atoms with Gasteiger partial charge >= 0.3 is 0 Å². The van der Waals surface area contributed by atoms with Gasteiger partial charge in [-0.05, 0) is 48.7 Å². The molecular formula is C26H32Cl3N2O+. The average Bonchev–Trinajstić information content (AvgIpc) is 2.76. The van der Waals surface area contributed by atoms with E-state index in [1.165, 1.54) is 0 Å². The molecule has 1 heterocycles. The maximum Gasteiger partial charge on any atom is 0.129 e. The zero-order chi connectivity index (χ0) is 23.3. The third-order valence-corrected chi connectivity index (χ3v) is 6.84. The highest BCUT2D eigenvalue weighted by atomic mass is 35.5. The molecular weight excluding hydrogens is 463 g/mol. The SMILES string of the molecule is CCCC[N+](C)(CCCC)CC(O)c1cc(-c2ccc(Cl)cc2)nc2c(Cl)cc(Cl)cc12. The van der Waals surface area contributed by atoms with Crippen molar-refractivity contribution in [1.29, 1.82) is 0 Å². The summed E-state index contributed by atoms with van der Waals surface area (Å²) < 4.78 is 0.831. The zero-order valence-corrected chi connectivity index (χ0v) is 21.3. The fourth-order valence-corrected chi connectivity index (χ4v) is 4.87. The Bertz CT molecular complexity index is 1050. The van der Waals surface area contributed by atoms with E-state index in [1.807, 2.05) is 36.4 Å². The summed E-state index contributed by atoms with van der Waals surface area (Å²) in [6, 6.07) is 13.0. The van der Waals surface area contributed by atoms with Gasteiger partial charge in [0.1, 0.15) is 12.6 Å². The molecule has 1 N–H and O–H groups in total. The van der Waals surface area contributed by atoms with Crippen LogP contribution in [0.4, 0.5) is 0 Å². The van der Waals surface area contributed by atoms with Crippen LogP contribution in [-0.4, -0.2) is 41.3 Å². The molecule has 0 aliphatic heterocycles. The number of unbranched alkanes of at least 4 members (excludes halogenated alkanes) is 2. The van der Waals surface area contributed by atoms with E-state index in [0.29, 0.717) is 27.1 Å². The molecule has 0 spiro atoms. The second kappa shape index (κ2) is 11.2. The van der Waals surface area contributed by atoms with E-state index in [4.69, 9.17) is 39.8 Å². The lowest BCUT2D eigenvalue weighted by atomic mass is 9.99. The highest BCUT2D eigenvalue weighted by Gasteiger charge is 2.27. The first kappa shape index (κ1) is 25.3. The van der Waals surface area contributed by atoms with Crippen molar-refractivity contribution in [3.63, 3.8) is 0 Å². The molecule has 0 fully saturated rings. The molecule has 0 radical (unpaired) electrons. The van der Waals surface area contributed by atoms with Crippen LogP contribution in [-0.2, 0) is 0 Å². The number of fused-ring (bicyclic) bond motifs is 1. The number of pyridine rings is 1. The van der Waals surface area contributed by atoms with E-state index in [1.54, 1.807) is 6.07 Å². The largest absolute Gasteiger partial charge is 0.382 e. The van der Waals surface area contributed by atoms with Crippen LogP contribution in [0.15, 0.2) is 42.5 Å². The number of likely N-dealkylation sites (N-methyl/N-ethyl adjacent to an activating group) is 1. The molecule has 0 bridgehead atoms. The topological polar surface area (TPSA) is 33.1 Å². The van der Waals surface area contributed by atoms with Crippen molar-refractivity contribution in [2.24, 2.45) is 0 Å². The number of quaternary nitrogens is 1. The molecule has 0 aliphatic carbocycles. The smallest absolute Gasteiger partial charge is 0.129 e. The lowest BCUT2D eigenvalue weighted by molar-refractivity contribution is -0.913. The Balaban J connectivity index is 2.09. The summed E-state index contributed by atoms with van der Waals surface area (Å²) in [5.41, 5.74) is 3.13. The van der Waals surface area contributed by atoms with E-state index < -0.39 is 6.10 Å². The summed E-state index contributed by atoms with van der Waals surface area (Å²) >= 11 is 18.9. The van der Waals surface area contributed by atoms with Crippen molar-refractivity contribution in [2.45, 2.75) is 45.6 Å². The van der Waals surface area contributed by atoms with E-state index >= 15 is 0 Å². The zero-order valence-electron chi connectivity index (χ0n) is 19.0. The van der Waals surface area contributed by atoms with Gasteiger partial charge in [-0.15, -0.1) is 0 Å². The molecule has 1 atom stereocenters. The summed E-state index contributed by atoms with van der Waals surface area (Å²) in [6.45, 7) is 7.13. The van der Waals surface area contributed by atoms with Crippen LogP contribution in [0.25, 0.3) is 22.2 Å². The second-order valence-electron chi connectivity index (χ2n) is 8.86. The third-order valence-electron chi connectivity index (χ3n) is 6.08. The number of rotatable bonds is 10. The highest BCUT2D eigenvalue weighted by Crippen LogP contribution is 2.35. The quantitative estimate of drug-likeness (QED) is 0.290. The Morgan fingerprint density at radius 3 is 2.12 bits per heavy atom. The Hall–Kier alpha value is -1.36. The maximum atomic E-state index is 11.5. The van der Waals surface area contributed by atoms with Gasteiger partial charge < -0.3 is 9.59 Å². The van der Waals surface area contributed by atoms with Crippen molar-refractivity contribution in [3.05, 3.63) is 63.1 Å². The lowest BCUT2D eigenvalue weighted by Gasteiger charge is -2.36. The van der Waals surface area contributed by atoms with Gasteiger partial charge in [-0.1, -0.05) is 73.6 Å². The van der Waals surface area contributed by atoms with Crippen LogP contribution in [0.5, 0.6) is 0 Å². The van der Waals surface area contributed by atoms with Crippen molar-refractivity contribution in [2.75, 3.05) is 26.7 Å². The van der Waals surface area contributed by atoms with Crippen molar-refractivity contribution >= 4 is 45.7 Å². The van der Waals surface area contributed by atoms with Gasteiger partial charge in [0.2, 0.25) is 0 Å². The molecule has 3 aromatic rings. The number of nitrogens with zero attached hydrogens (tertiary/aromatic N) is 2. The van der Waals surface area contributed by atoms with Gasteiger partial charge in [0.25, 0.3) is 0 Å². The number of hydrogen-bond donors (Lipinski definition) is 1. The number of hydrogen-bond acceptors (Lipinski definition) is 2. The predicted molar refractivity (Wildman–Crippen MR) is 138 cm³/mol. The fraction of sp³-hybridized carbons (Fsp3) is 0.423. The molecule has 0 saturated carbocycles. The number of aliphatic hydroxyl groups is 1. The summed E-state index contributed by atoms with van der Waals surface area (Å²) in [5.74, 6) is 0. The van der Waals surface area contributed by atoms with Gasteiger partial charge in [-0.25, -0.2) is 4.98 Å². The Kier molecular flexibility index (Phi) is 8.82. The molecule has 6 heteroatoms. The van der Waals surface area contributed by atoms with E-state index in [-0.39, 0.29) is 0 Å². The molecule has 3 rings (SSSR count). The Labute approximate surface area is 206 Å². The van der Waals surface area contributed by atoms with Crippen LogP contribution in [0, 0.1) is 0 Å². The molecule has 172 valence electrons. The van der Waals surface area contributed by atoms with E-state index in [9.17, 15) is 5.11 Å². The third kappa shape index (κ3) is 6.15. The van der Waals surface area contributed by atoms with Gasteiger partial charge in [0.15, 0.2) is 0 Å². The lowest BCUT2D eigenvalue weighted by Crippen LogP contribution is -2.48. The monoisotopic (exact) mass is 493 g/mol. The normalized spacial score (nSPS) is 13.0. The number of benzene rings is 2. The minimum atomic E-state index is -0.667. The number of aromatic nitrogens is 1. The molecule has 32 heavy (non-hydrogen) atoms. The van der Waals surface area contributed by atoms with Gasteiger partial charge in [-0.3, -0.25) is 0 Å². The Morgan fingerprint density at radius 1 is 0.906 bits per heavy atom.